The highest BCUT2D eigenvalue weighted by Crippen LogP contribution is 2.29. The van der Waals surface area contributed by atoms with Gasteiger partial charge >= 0.3 is 0 Å². The van der Waals surface area contributed by atoms with Gasteiger partial charge < -0.3 is 4.74 Å². The molecular weight excluding hydrogens is 204 g/mol. The van der Waals surface area contributed by atoms with E-state index in [0.717, 1.165) is 17.7 Å². The molecule has 1 N–H and O–H groups in total. The summed E-state index contributed by atoms with van der Waals surface area (Å²) in [6.07, 6.45) is 7.04. The van der Waals surface area contributed by atoms with E-state index in [1.54, 1.807) is 0 Å². The first-order valence-electron chi connectivity index (χ1n) is 6.26. The van der Waals surface area contributed by atoms with E-state index in [9.17, 15) is 4.79 Å². The van der Waals surface area contributed by atoms with Gasteiger partial charge in [0.05, 0.1) is 24.9 Å². The quantitative estimate of drug-likeness (QED) is 0.787. The molecule has 1 fully saturated rings. The molecule has 1 aromatic rings. The first-order valence-corrected chi connectivity index (χ1v) is 6.26. The summed E-state index contributed by atoms with van der Waals surface area (Å²) in [6, 6.07) is 0.492. The Balaban J connectivity index is 1.97. The van der Waals surface area contributed by atoms with Gasteiger partial charge in [-0.1, -0.05) is 19.3 Å². The second kappa shape index (κ2) is 4.09. The molecule has 2 heterocycles. The molecule has 1 aliphatic carbocycles. The Labute approximate surface area is 94.6 Å². The van der Waals surface area contributed by atoms with Crippen LogP contribution in [0.4, 0.5) is 0 Å². The molecular formula is C12H18N2O2. The van der Waals surface area contributed by atoms with Gasteiger partial charge in [-0.05, 0) is 12.8 Å². The Morgan fingerprint density at radius 3 is 2.88 bits per heavy atom. The van der Waals surface area contributed by atoms with Gasteiger partial charge in [-0.15, -0.1) is 0 Å². The number of aromatic nitrogens is 2. The highest BCUT2D eigenvalue weighted by Gasteiger charge is 2.24. The number of nitrogens with zero attached hydrogens (tertiary/aromatic N) is 1. The van der Waals surface area contributed by atoms with Crippen LogP contribution in [0.2, 0.25) is 0 Å². The Morgan fingerprint density at radius 2 is 2.06 bits per heavy atom. The number of hydrogen-bond acceptors (Lipinski definition) is 2. The number of fused-ring (bicyclic) bond motifs is 1. The SMILES string of the molecule is O=c1[nH]n(C2CCCCC2)c2c1CCOC2. The van der Waals surface area contributed by atoms with Crippen LogP contribution in [0.5, 0.6) is 0 Å². The molecule has 0 atom stereocenters. The maximum Gasteiger partial charge on any atom is 0.267 e. The maximum absolute atomic E-state index is 11.8. The highest BCUT2D eigenvalue weighted by molar-refractivity contribution is 5.20. The first kappa shape index (κ1) is 10.1. The van der Waals surface area contributed by atoms with Gasteiger partial charge in [0, 0.05) is 12.0 Å². The van der Waals surface area contributed by atoms with Gasteiger partial charge in [0.2, 0.25) is 0 Å². The summed E-state index contributed by atoms with van der Waals surface area (Å²) in [5, 5.41) is 3.01. The van der Waals surface area contributed by atoms with Gasteiger partial charge in [-0.2, -0.15) is 0 Å². The molecule has 88 valence electrons. The summed E-state index contributed by atoms with van der Waals surface area (Å²) >= 11 is 0. The van der Waals surface area contributed by atoms with Crippen LogP contribution in [-0.2, 0) is 17.8 Å². The zero-order valence-corrected chi connectivity index (χ0v) is 9.50. The number of nitrogens with one attached hydrogen (secondary N) is 1. The van der Waals surface area contributed by atoms with E-state index in [-0.39, 0.29) is 5.56 Å². The molecule has 2 aliphatic rings. The summed E-state index contributed by atoms with van der Waals surface area (Å²) < 4.78 is 7.55. The Morgan fingerprint density at radius 1 is 1.25 bits per heavy atom. The van der Waals surface area contributed by atoms with Crippen LogP contribution in [0.3, 0.4) is 0 Å². The molecule has 0 radical (unpaired) electrons. The average Bonchev–Trinajstić information content (AvgIpc) is 2.69. The molecule has 3 rings (SSSR count). The lowest BCUT2D eigenvalue weighted by atomic mass is 9.95. The van der Waals surface area contributed by atoms with Crippen LogP contribution in [0.1, 0.15) is 49.4 Å². The lowest BCUT2D eigenvalue weighted by molar-refractivity contribution is 0.101. The number of aromatic amines is 1. The fraction of sp³-hybridized carbons (Fsp3) is 0.750. The molecule has 16 heavy (non-hydrogen) atoms. The molecule has 1 aromatic heterocycles. The van der Waals surface area contributed by atoms with Crippen molar-refractivity contribution in [3.05, 3.63) is 21.6 Å². The van der Waals surface area contributed by atoms with Crippen molar-refractivity contribution in [1.82, 2.24) is 9.78 Å². The summed E-state index contributed by atoms with van der Waals surface area (Å²) in [5.74, 6) is 0. The minimum atomic E-state index is 0.101. The van der Waals surface area contributed by atoms with Crippen molar-refractivity contribution in [2.24, 2.45) is 0 Å². The van der Waals surface area contributed by atoms with E-state index in [4.69, 9.17) is 4.74 Å². The number of hydrogen-bond donors (Lipinski definition) is 1. The highest BCUT2D eigenvalue weighted by atomic mass is 16.5. The van der Waals surface area contributed by atoms with Gasteiger partial charge in [-0.3, -0.25) is 14.6 Å². The summed E-state index contributed by atoms with van der Waals surface area (Å²) in [4.78, 5) is 11.8. The van der Waals surface area contributed by atoms with Crippen molar-refractivity contribution < 1.29 is 4.74 Å². The standard InChI is InChI=1S/C12H18N2O2/c15-12-10-6-7-16-8-11(10)14(13-12)9-4-2-1-3-5-9/h9H,1-8H2,(H,13,15). The van der Waals surface area contributed by atoms with Crippen molar-refractivity contribution in [1.29, 1.82) is 0 Å². The largest absolute Gasteiger partial charge is 0.375 e. The zero-order valence-electron chi connectivity index (χ0n) is 9.50. The van der Waals surface area contributed by atoms with Crippen LogP contribution < -0.4 is 5.56 Å². The van der Waals surface area contributed by atoms with E-state index in [0.29, 0.717) is 19.3 Å². The van der Waals surface area contributed by atoms with Gasteiger partial charge in [0.15, 0.2) is 0 Å². The lowest BCUT2D eigenvalue weighted by Crippen LogP contribution is -2.19. The molecule has 0 amide bonds. The first-order chi connectivity index (χ1) is 7.86. The Bertz CT molecular complexity index is 427. The van der Waals surface area contributed by atoms with Crippen molar-refractivity contribution in [2.75, 3.05) is 6.61 Å². The van der Waals surface area contributed by atoms with Crippen molar-refractivity contribution in [3.8, 4) is 0 Å². The molecule has 1 aliphatic heterocycles. The van der Waals surface area contributed by atoms with E-state index in [2.05, 4.69) is 9.78 Å². The molecule has 0 spiro atoms. The van der Waals surface area contributed by atoms with Crippen molar-refractivity contribution >= 4 is 0 Å². The Hall–Kier alpha value is -1.03. The van der Waals surface area contributed by atoms with Crippen LogP contribution in [0, 0.1) is 0 Å². The predicted octanol–water partition coefficient (Wildman–Crippen LogP) is 1.75. The van der Waals surface area contributed by atoms with Crippen LogP contribution >= 0.6 is 0 Å². The molecule has 0 aromatic carbocycles. The van der Waals surface area contributed by atoms with Crippen molar-refractivity contribution in [2.45, 2.75) is 51.2 Å². The normalized spacial score (nSPS) is 22.0. The topological polar surface area (TPSA) is 47.0 Å². The molecule has 4 heteroatoms. The van der Waals surface area contributed by atoms with Gasteiger partial charge in [0.25, 0.3) is 5.56 Å². The second-order valence-corrected chi connectivity index (χ2v) is 4.83. The van der Waals surface area contributed by atoms with E-state index in [1.807, 2.05) is 0 Å². The third-order valence-electron chi connectivity index (χ3n) is 3.81. The molecule has 1 saturated carbocycles. The zero-order chi connectivity index (χ0) is 11.0. The second-order valence-electron chi connectivity index (χ2n) is 4.83. The third-order valence-corrected chi connectivity index (χ3v) is 3.81. The van der Waals surface area contributed by atoms with E-state index < -0.39 is 0 Å². The van der Waals surface area contributed by atoms with Gasteiger partial charge in [0.1, 0.15) is 0 Å². The molecule has 0 unspecified atom stereocenters. The summed E-state index contributed by atoms with van der Waals surface area (Å²) in [6.45, 7) is 1.29. The molecule has 0 bridgehead atoms. The minimum absolute atomic E-state index is 0.101. The number of H-pyrrole nitrogens is 1. The predicted molar refractivity (Wildman–Crippen MR) is 60.5 cm³/mol. The van der Waals surface area contributed by atoms with Gasteiger partial charge in [-0.25, -0.2) is 0 Å². The van der Waals surface area contributed by atoms with E-state index >= 15 is 0 Å². The van der Waals surface area contributed by atoms with Crippen LogP contribution in [-0.4, -0.2) is 16.4 Å². The van der Waals surface area contributed by atoms with Crippen molar-refractivity contribution in [3.63, 3.8) is 0 Å². The lowest BCUT2D eigenvalue weighted by Gasteiger charge is -2.25. The summed E-state index contributed by atoms with van der Waals surface area (Å²) in [5.41, 5.74) is 2.16. The fourth-order valence-corrected chi connectivity index (χ4v) is 2.93. The monoisotopic (exact) mass is 222 g/mol. The maximum atomic E-state index is 11.8. The fourth-order valence-electron chi connectivity index (χ4n) is 2.93. The number of ether oxygens (including phenoxy) is 1. The third kappa shape index (κ3) is 1.61. The summed E-state index contributed by atoms with van der Waals surface area (Å²) in [7, 11) is 0. The smallest absolute Gasteiger partial charge is 0.267 e. The number of rotatable bonds is 1. The average molecular weight is 222 g/mol. The molecule has 4 nitrogen and oxygen atoms in total. The molecule has 0 saturated heterocycles. The van der Waals surface area contributed by atoms with Crippen LogP contribution in [0.25, 0.3) is 0 Å². The van der Waals surface area contributed by atoms with Crippen LogP contribution in [0.15, 0.2) is 4.79 Å². The Kier molecular flexibility index (Phi) is 2.59. The minimum Gasteiger partial charge on any atom is -0.375 e. The van der Waals surface area contributed by atoms with E-state index in [1.165, 1.54) is 32.1 Å².